The van der Waals surface area contributed by atoms with Crippen LogP contribution < -0.4 is 4.89 Å². The van der Waals surface area contributed by atoms with Gasteiger partial charge in [-0.1, -0.05) is 0 Å². The molecule has 0 aromatic carbocycles. The van der Waals surface area contributed by atoms with Crippen LogP contribution in [-0.2, 0) is 4.57 Å². The first-order chi connectivity index (χ1) is 2.77. The molecule has 0 fully saturated rings. The van der Waals surface area contributed by atoms with Gasteiger partial charge in [0.15, 0.2) is 0 Å². The van der Waals surface area contributed by atoms with Crippen LogP contribution in [0, 0.1) is 0 Å². The Bertz CT molecular complexity index is 114. The zero-order valence-corrected chi connectivity index (χ0v) is 5.00. The topological polar surface area (TPSA) is 40.1 Å². The Hall–Kier alpha value is 0.270. The maximum atomic E-state index is 9.87. The fourth-order valence-corrected chi connectivity index (χ4v) is 0.517. The summed E-state index contributed by atoms with van der Waals surface area (Å²) in [5.74, 6) is 0. The summed E-state index contributed by atoms with van der Waals surface area (Å²) in [5, 5.41) is 2.13. The molecular weight excluding hydrogens is 118 g/mol. The first-order valence-electron chi connectivity index (χ1n) is 1.26. The van der Waals surface area contributed by atoms with Gasteiger partial charge in [-0.15, -0.1) is 0 Å². The Balaban J connectivity index is 4.13. The molecule has 32 valence electrons. The van der Waals surface area contributed by atoms with E-state index in [1.165, 1.54) is 6.66 Å². The van der Waals surface area contributed by atoms with Gasteiger partial charge < -0.3 is 0 Å². The van der Waals surface area contributed by atoms with Crippen molar-refractivity contribution in [3.63, 3.8) is 0 Å². The molecule has 0 amide bonds. The van der Waals surface area contributed by atoms with E-state index >= 15 is 0 Å². The van der Waals surface area contributed by atoms with E-state index < -0.39 is 7.77 Å². The standard InChI is InChI=1S/C2H3O2P2/c1-6(4)2-5-3/h1H3/q+1. The molecule has 0 saturated carbocycles. The van der Waals surface area contributed by atoms with Gasteiger partial charge >= 0.3 is 37.2 Å². The molecule has 0 radical (unpaired) electrons. The molecule has 1 unspecified atom stereocenters. The van der Waals surface area contributed by atoms with Crippen molar-refractivity contribution in [3.05, 3.63) is 0 Å². The van der Waals surface area contributed by atoms with Gasteiger partial charge in [-0.25, -0.2) is 0 Å². The monoisotopic (exact) mass is 121 g/mol. The van der Waals surface area contributed by atoms with Gasteiger partial charge in [0, 0.05) is 0 Å². The van der Waals surface area contributed by atoms with Crippen LogP contribution in [0.1, 0.15) is 0 Å². The van der Waals surface area contributed by atoms with E-state index in [0.717, 1.165) is 0 Å². The quantitative estimate of drug-likeness (QED) is 0.432. The van der Waals surface area contributed by atoms with Crippen molar-refractivity contribution < 1.29 is 9.46 Å². The summed E-state index contributed by atoms with van der Waals surface area (Å²) in [6.07, 6.45) is 0. The maximum absolute atomic E-state index is 9.87. The Morgan fingerprint density at radius 1 is 2.00 bits per heavy atom. The molecule has 0 spiro atoms. The van der Waals surface area contributed by atoms with Gasteiger partial charge in [-0.3, -0.25) is 0 Å². The van der Waals surface area contributed by atoms with Gasteiger partial charge in [0.25, 0.3) is 0 Å². The predicted molar refractivity (Wildman–Crippen MR) is 25.5 cm³/mol. The fourth-order valence-electron chi connectivity index (χ4n) is 0.0575. The van der Waals surface area contributed by atoms with E-state index in [1.54, 1.807) is 0 Å². The van der Waals surface area contributed by atoms with E-state index in [0.29, 0.717) is 0 Å². The van der Waals surface area contributed by atoms with Crippen molar-refractivity contribution in [1.29, 1.82) is 0 Å². The van der Waals surface area contributed by atoms with Gasteiger partial charge in [-0.2, -0.15) is 0 Å². The summed E-state index contributed by atoms with van der Waals surface area (Å²) in [5.41, 5.74) is 0. The van der Waals surface area contributed by atoms with Crippen LogP contribution in [0.15, 0.2) is 0 Å². The second-order valence-electron chi connectivity index (χ2n) is 0.689. The average Bonchev–Trinajstić information content (AvgIpc) is 1.35. The summed E-state index contributed by atoms with van der Waals surface area (Å²) in [4.78, 5) is 9.87. The zero-order chi connectivity index (χ0) is 4.99. The molecule has 1 atom stereocenters. The second kappa shape index (κ2) is 3.46. The normalized spacial score (nSPS) is 9.33. The molecule has 0 aliphatic heterocycles. The van der Waals surface area contributed by atoms with Gasteiger partial charge in [0.1, 0.15) is 0 Å². The molecule has 0 aliphatic rings. The van der Waals surface area contributed by atoms with Gasteiger partial charge in [0.2, 0.25) is 0 Å². The van der Waals surface area contributed by atoms with Gasteiger partial charge in [0.05, 0.1) is 0 Å². The zero-order valence-electron chi connectivity index (χ0n) is 3.21. The predicted octanol–water partition coefficient (Wildman–Crippen LogP) is 0.302. The number of hydrogen-bond acceptors (Lipinski definition) is 2. The van der Waals surface area contributed by atoms with E-state index in [4.69, 9.17) is 0 Å². The number of rotatable bonds is 0. The van der Waals surface area contributed by atoms with E-state index in [2.05, 4.69) is 5.17 Å². The molecule has 0 bridgehead atoms. The molecule has 6 heavy (non-hydrogen) atoms. The Morgan fingerprint density at radius 2 is 2.50 bits per heavy atom. The van der Waals surface area contributed by atoms with Crippen molar-refractivity contribution >= 4 is 21.0 Å². The molecule has 0 aromatic rings. The van der Waals surface area contributed by atoms with Crippen molar-refractivity contribution in [2.75, 3.05) is 6.66 Å². The van der Waals surface area contributed by atoms with Crippen molar-refractivity contribution in [1.82, 2.24) is 0 Å². The third-order valence-corrected chi connectivity index (χ3v) is 1.63. The molecule has 4 heteroatoms. The second-order valence-corrected chi connectivity index (χ2v) is 2.67. The Morgan fingerprint density at radius 3 is 2.50 bits per heavy atom. The average molecular weight is 121 g/mol. The number of hydrogen-bond donors (Lipinski definition) is 0. The Labute approximate surface area is 38.1 Å². The van der Waals surface area contributed by atoms with Crippen LogP contribution in [-0.4, -0.2) is 11.8 Å². The minimum atomic E-state index is -1.43. The first-order valence-corrected chi connectivity index (χ1v) is 3.78. The molecule has 0 saturated heterocycles. The summed E-state index contributed by atoms with van der Waals surface area (Å²) in [6, 6.07) is 0. The van der Waals surface area contributed by atoms with E-state index in [-0.39, 0.29) is 8.08 Å². The van der Waals surface area contributed by atoms with Crippen LogP contribution in [0.4, 0.5) is 0 Å². The molecule has 0 N–H and O–H groups in total. The third kappa shape index (κ3) is 4.27. The SMILES string of the molecule is C[P+]([O-])=C=[P+]=O. The first kappa shape index (κ1) is 6.27. The van der Waals surface area contributed by atoms with Crippen molar-refractivity contribution in [3.8, 4) is 0 Å². The van der Waals surface area contributed by atoms with Crippen molar-refractivity contribution in [2.24, 2.45) is 0 Å². The summed E-state index contributed by atoms with van der Waals surface area (Å²) < 4.78 is 9.42. The molecule has 2 nitrogen and oxygen atoms in total. The molecular formula is C2H3O2P2+. The Kier molecular flexibility index (Phi) is 3.62. The third-order valence-electron chi connectivity index (χ3n) is 0.182. The van der Waals surface area contributed by atoms with Crippen LogP contribution in [0.3, 0.4) is 0 Å². The van der Waals surface area contributed by atoms with E-state index in [9.17, 15) is 9.46 Å². The van der Waals surface area contributed by atoms with Crippen LogP contribution in [0.2, 0.25) is 0 Å². The molecule has 0 rings (SSSR count). The van der Waals surface area contributed by atoms with Crippen molar-refractivity contribution in [2.45, 2.75) is 0 Å². The molecule has 0 heterocycles. The summed E-state index contributed by atoms with van der Waals surface area (Å²) in [6.45, 7) is 1.44. The summed E-state index contributed by atoms with van der Waals surface area (Å²) in [7, 11) is -1.69. The van der Waals surface area contributed by atoms with Gasteiger partial charge in [-0.05, 0) is 0 Å². The fraction of sp³-hybridized carbons (Fsp3) is 0.500. The van der Waals surface area contributed by atoms with E-state index in [1.807, 2.05) is 0 Å². The van der Waals surface area contributed by atoms with Crippen LogP contribution >= 0.6 is 15.9 Å². The molecule has 0 aliphatic carbocycles. The molecule has 0 aromatic heterocycles. The minimum absolute atomic E-state index is 0.260. The van der Waals surface area contributed by atoms with Crippen LogP contribution in [0.5, 0.6) is 0 Å². The summed E-state index contributed by atoms with van der Waals surface area (Å²) >= 11 is 0. The van der Waals surface area contributed by atoms with Crippen LogP contribution in [0.25, 0.3) is 0 Å².